The molecule has 0 radical (unpaired) electrons. The van der Waals surface area contributed by atoms with Gasteiger partial charge in [0.25, 0.3) is 0 Å². The van der Waals surface area contributed by atoms with Crippen LogP contribution in [0.1, 0.15) is 28.4 Å². The van der Waals surface area contributed by atoms with Gasteiger partial charge in [-0.2, -0.15) is 5.26 Å². The Bertz CT molecular complexity index is 686. The second kappa shape index (κ2) is 5.89. The van der Waals surface area contributed by atoms with Crippen LogP contribution in [0.4, 0.5) is 0 Å². The van der Waals surface area contributed by atoms with Crippen molar-refractivity contribution in [2.75, 3.05) is 0 Å². The molecule has 2 aromatic carbocycles. The molecule has 0 heterocycles. The van der Waals surface area contributed by atoms with Gasteiger partial charge in [-0.1, -0.05) is 19.1 Å². The predicted molar refractivity (Wildman–Crippen MR) is 74.0 cm³/mol. The van der Waals surface area contributed by atoms with Gasteiger partial charge in [-0.05, 0) is 42.3 Å². The molecule has 0 atom stereocenters. The Labute approximate surface area is 116 Å². The van der Waals surface area contributed by atoms with E-state index in [0.29, 0.717) is 11.5 Å². The fourth-order valence-corrected chi connectivity index (χ4v) is 1.80. The van der Waals surface area contributed by atoms with Gasteiger partial charge in [0.1, 0.15) is 17.6 Å². The number of carboxylic acid groups (broad SMARTS) is 1. The number of nitriles is 1. The molecular weight excluding hydrogens is 254 g/mol. The Morgan fingerprint density at radius 2 is 2.10 bits per heavy atom. The molecular formula is C16H13NO3. The summed E-state index contributed by atoms with van der Waals surface area (Å²) in [6, 6.07) is 13.7. The van der Waals surface area contributed by atoms with E-state index in [1.54, 1.807) is 6.07 Å². The highest BCUT2D eigenvalue weighted by Crippen LogP contribution is 2.26. The normalized spacial score (nSPS) is 9.80. The van der Waals surface area contributed by atoms with Crippen molar-refractivity contribution in [3.8, 4) is 17.6 Å². The van der Waals surface area contributed by atoms with Crippen LogP contribution in [0.2, 0.25) is 0 Å². The van der Waals surface area contributed by atoms with Crippen LogP contribution in [0.3, 0.4) is 0 Å². The summed E-state index contributed by atoms with van der Waals surface area (Å²) < 4.78 is 5.66. The lowest BCUT2D eigenvalue weighted by atomic mass is 10.1. The summed E-state index contributed by atoms with van der Waals surface area (Å²) >= 11 is 0. The minimum atomic E-state index is -1.07. The lowest BCUT2D eigenvalue weighted by Crippen LogP contribution is -1.98. The van der Waals surface area contributed by atoms with E-state index in [4.69, 9.17) is 15.1 Å². The summed E-state index contributed by atoms with van der Waals surface area (Å²) in [5.41, 5.74) is 1.39. The zero-order valence-electron chi connectivity index (χ0n) is 11.0. The quantitative estimate of drug-likeness (QED) is 0.918. The summed E-state index contributed by atoms with van der Waals surface area (Å²) in [6.45, 7) is 2.04. The van der Waals surface area contributed by atoms with Crippen molar-refractivity contribution in [3.63, 3.8) is 0 Å². The van der Waals surface area contributed by atoms with Crippen molar-refractivity contribution in [1.82, 2.24) is 0 Å². The standard InChI is InChI=1S/C16H13NO3/c1-2-11-4-3-5-14(8-11)20-15-7-6-12(16(18)19)9-13(15)10-17/h3-9H,2H2,1H3,(H,18,19). The van der Waals surface area contributed by atoms with E-state index in [-0.39, 0.29) is 11.1 Å². The lowest BCUT2D eigenvalue weighted by molar-refractivity contribution is 0.0697. The van der Waals surface area contributed by atoms with Crippen LogP contribution in [-0.2, 0) is 6.42 Å². The van der Waals surface area contributed by atoms with Crippen LogP contribution < -0.4 is 4.74 Å². The number of hydrogen-bond acceptors (Lipinski definition) is 3. The van der Waals surface area contributed by atoms with E-state index in [2.05, 4.69) is 0 Å². The van der Waals surface area contributed by atoms with E-state index >= 15 is 0 Å². The van der Waals surface area contributed by atoms with Crippen LogP contribution in [0, 0.1) is 11.3 Å². The number of rotatable bonds is 4. The fourth-order valence-electron chi connectivity index (χ4n) is 1.80. The molecule has 0 unspecified atom stereocenters. The average molecular weight is 267 g/mol. The van der Waals surface area contributed by atoms with Crippen LogP contribution in [0.25, 0.3) is 0 Å². The molecule has 0 aliphatic rings. The Morgan fingerprint density at radius 1 is 1.30 bits per heavy atom. The first-order chi connectivity index (χ1) is 9.63. The summed E-state index contributed by atoms with van der Waals surface area (Å²) in [7, 11) is 0. The van der Waals surface area contributed by atoms with Crippen molar-refractivity contribution >= 4 is 5.97 Å². The van der Waals surface area contributed by atoms with Gasteiger partial charge in [0.05, 0.1) is 11.1 Å². The zero-order valence-corrected chi connectivity index (χ0v) is 11.0. The van der Waals surface area contributed by atoms with Crippen molar-refractivity contribution in [2.45, 2.75) is 13.3 Å². The summed E-state index contributed by atoms with van der Waals surface area (Å²) in [6.07, 6.45) is 0.889. The first kappa shape index (κ1) is 13.6. The van der Waals surface area contributed by atoms with Gasteiger partial charge < -0.3 is 9.84 Å². The fraction of sp³-hybridized carbons (Fsp3) is 0.125. The summed E-state index contributed by atoms with van der Waals surface area (Å²) in [5.74, 6) is -0.0873. The highest BCUT2D eigenvalue weighted by Gasteiger charge is 2.10. The van der Waals surface area contributed by atoms with E-state index < -0.39 is 5.97 Å². The topological polar surface area (TPSA) is 70.3 Å². The summed E-state index contributed by atoms with van der Waals surface area (Å²) in [4.78, 5) is 10.9. The number of aromatic carboxylic acids is 1. The Morgan fingerprint density at radius 3 is 2.75 bits per heavy atom. The van der Waals surface area contributed by atoms with Gasteiger partial charge in [0.2, 0.25) is 0 Å². The maximum Gasteiger partial charge on any atom is 0.335 e. The maximum absolute atomic E-state index is 10.9. The first-order valence-electron chi connectivity index (χ1n) is 6.18. The minimum absolute atomic E-state index is 0.0659. The molecule has 100 valence electrons. The SMILES string of the molecule is CCc1cccc(Oc2ccc(C(=O)O)cc2C#N)c1. The van der Waals surface area contributed by atoms with Gasteiger partial charge in [-0.25, -0.2) is 4.79 Å². The molecule has 0 saturated carbocycles. The van der Waals surface area contributed by atoms with Crippen molar-refractivity contribution < 1.29 is 14.6 Å². The van der Waals surface area contributed by atoms with Crippen LogP contribution in [0.5, 0.6) is 11.5 Å². The number of aryl methyl sites for hydroxylation is 1. The van der Waals surface area contributed by atoms with Gasteiger partial charge in [-0.3, -0.25) is 0 Å². The largest absolute Gasteiger partial charge is 0.478 e. The lowest BCUT2D eigenvalue weighted by Gasteiger charge is -2.09. The third-order valence-corrected chi connectivity index (χ3v) is 2.88. The molecule has 0 amide bonds. The maximum atomic E-state index is 10.9. The molecule has 20 heavy (non-hydrogen) atoms. The molecule has 0 aliphatic heterocycles. The highest BCUT2D eigenvalue weighted by atomic mass is 16.5. The molecule has 4 heteroatoms. The van der Waals surface area contributed by atoms with E-state index in [1.807, 2.05) is 31.2 Å². The van der Waals surface area contributed by atoms with E-state index in [9.17, 15) is 4.79 Å². The molecule has 2 rings (SSSR count). The van der Waals surface area contributed by atoms with Gasteiger partial charge in [0, 0.05) is 0 Å². The Kier molecular flexibility index (Phi) is 4.02. The zero-order chi connectivity index (χ0) is 14.5. The molecule has 0 fully saturated rings. The third-order valence-electron chi connectivity index (χ3n) is 2.88. The van der Waals surface area contributed by atoms with Crippen molar-refractivity contribution in [3.05, 3.63) is 59.2 Å². The van der Waals surface area contributed by atoms with Crippen LogP contribution in [-0.4, -0.2) is 11.1 Å². The summed E-state index contributed by atoms with van der Waals surface area (Å²) in [5, 5.41) is 18.0. The number of carbonyl (C=O) groups is 1. The Balaban J connectivity index is 2.33. The van der Waals surface area contributed by atoms with E-state index in [0.717, 1.165) is 12.0 Å². The second-order valence-corrected chi connectivity index (χ2v) is 4.23. The first-order valence-corrected chi connectivity index (χ1v) is 6.18. The smallest absolute Gasteiger partial charge is 0.335 e. The number of carboxylic acids is 1. The van der Waals surface area contributed by atoms with E-state index in [1.165, 1.54) is 18.2 Å². The molecule has 0 saturated heterocycles. The van der Waals surface area contributed by atoms with Crippen LogP contribution >= 0.6 is 0 Å². The number of nitrogens with zero attached hydrogens (tertiary/aromatic N) is 1. The molecule has 2 aromatic rings. The molecule has 1 N–H and O–H groups in total. The molecule has 4 nitrogen and oxygen atoms in total. The monoisotopic (exact) mass is 267 g/mol. The number of ether oxygens (including phenoxy) is 1. The molecule has 0 aromatic heterocycles. The second-order valence-electron chi connectivity index (χ2n) is 4.23. The Hall–Kier alpha value is -2.80. The molecule has 0 bridgehead atoms. The average Bonchev–Trinajstić information content (AvgIpc) is 2.47. The highest BCUT2D eigenvalue weighted by molar-refractivity contribution is 5.88. The third kappa shape index (κ3) is 2.96. The van der Waals surface area contributed by atoms with Crippen molar-refractivity contribution in [1.29, 1.82) is 5.26 Å². The van der Waals surface area contributed by atoms with Gasteiger partial charge >= 0.3 is 5.97 Å². The molecule has 0 aliphatic carbocycles. The number of hydrogen-bond donors (Lipinski definition) is 1. The van der Waals surface area contributed by atoms with Crippen molar-refractivity contribution in [2.24, 2.45) is 0 Å². The number of benzene rings is 2. The van der Waals surface area contributed by atoms with Gasteiger partial charge in [0.15, 0.2) is 0 Å². The van der Waals surface area contributed by atoms with Crippen LogP contribution in [0.15, 0.2) is 42.5 Å². The minimum Gasteiger partial charge on any atom is -0.478 e. The van der Waals surface area contributed by atoms with Gasteiger partial charge in [-0.15, -0.1) is 0 Å². The predicted octanol–water partition coefficient (Wildman–Crippen LogP) is 3.61. The molecule has 0 spiro atoms.